The first-order valence-electron chi connectivity index (χ1n) is 4.79. The molecular formula is C9H11BF3KO3S. The number of hydrogen-bond donors (Lipinski definition) is 0. The van der Waals surface area contributed by atoms with Crippen LogP contribution in [0.1, 0.15) is 0 Å². The SMILES string of the molecule is CS(=O)(=O)CCOc1cccc([B-](F)(F)F)c1.[K+]. The molecule has 0 saturated carbocycles. The third-order valence-corrected chi connectivity index (χ3v) is 2.87. The van der Waals surface area contributed by atoms with Crippen molar-refractivity contribution < 1.29 is 77.5 Å². The zero-order valence-electron chi connectivity index (χ0n) is 10.1. The van der Waals surface area contributed by atoms with Crippen LogP contribution in [0.3, 0.4) is 0 Å². The fourth-order valence-corrected chi connectivity index (χ4v) is 1.50. The Hall–Kier alpha value is 0.461. The number of benzene rings is 1. The molecule has 0 bridgehead atoms. The smallest absolute Gasteiger partial charge is 0.493 e. The van der Waals surface area contributed by atoms with Gasteiger partial charge in [-0.2, -0.15) is 0 Å². The fraction of sp³-hybridized carbons (Fsp3) is 0.333. The molecule has 0 heterocycles. The summed E-state index contributed by atoms with van der Waals surface area (Å²) in [5.41, 5.74) is -0.762. The molecule has 18 heavy (non-hydrogen) atoms. The van der Waals surface area contributed by atoms with E-state index < -0.39 is 22.3 Å². The first-order valence-corrected chi connectivity index (χ1v) is 6.85. The Morgan fingerprint density at radius 1 is 1.28 bits per heavy atom. The molecule has 9 heteroatoms. The standard InChI is InChI=1S/C9H11BF3O3S.K/c1-17(14,15)6-5-16-9-4-2-3-8(7-9)10(11,12)13;/h2-4,7H,5-6H2,1H3;/q-1;+1. The molecule has 0 unspecified atom stereocenters. The largest absolute Gasteiger partial charge is 1.00 e. The molecule has 0 spiro atoms. The Morgan fingerprint density at radius 2 is 1.89 bits per heavy atom. The molecule has 0 saturated heterocycles. The second-order valence-electron chi connectivity index (χ2n) is 3.63. The first kappa shape index (κ1) is 18.5. The quantitative estimate of drug-likeness (QED) is 0.601. The molecule has 0 aliphatic heterocycles. The van der Waals surface area contributed by atoms with Crippen LogP contribution < -0.4 is 61.6 Å². The maximum atomic E-state index is 12.4. The Bertz CT molecular complexity index is 490. The number of ether oxygens (including phenoxy) is 1. The molecule has 0 aliphatic carbocycles. The van der Waals surface area contributed by atoms with Crippen molar-refractivity contribution in [3.8, 4) is 5.75 Å². The van der Waals surface area contributed by atoms with E-state index in [-0.39, 0.29) is 69.5 Å². The van der Waals surface area contributed by atoms with E-state index in [4.69, 9.17) is 4.74 Å². The summed E-state index contributed by atoms with van der Waals surface area (Å²) in [4.78, 5) is 0. The van der Waals surface area contributed by atoms with E-state index in [0.29, 0.717) is 0 Å². The Labute approximate surface area is 146 Å². The minimum absolute atomic E-state index is 0. The summed E-state index contributed by atoms with van der Waals surface area (Å²) in [7, 11) is -3.18. The summed E-state index contributed by atoms with van der Waals surface area (Å²) in [6.07, 6.45) is 1.03. The predicted molar refractivity (Wildman–Crippen MR) is 60.4 cm³/mol. The molecule has 1 rings (SSSR count). The fourth-order valence-electron chi connectivity index (χ4n) is 1.12. The summed E-state index contributed by atoms with van der Waals surface area (Å²) in [5, 5.41) is 0. The van der Waals surface area contributed by atoms with Gasteiger partial charge in [0, 0.05) is 6.26 Å². The van der Waals surface area contributed by atoms with Crippen LogP contribution in [-0.2, 0) is 9.84 Å². The van der Waals surface area contributed by atoms with E-state index in [2.05, 4.69) is 0 Å². The number of halogens is 3. The average Bonchev–Trinajstić information content (AvgIpc) is 2.15. The second kappa shape index (κ2) is 7.30. The van der Waals surface area contributed by atoms with Crippen molar-refractivity contribution in [3.63, 3.8) is 0 Å². The molecule has 0 amide bonds. The van der Waals surface area contributed by atoms with Gasteiger partial charge < -0.3 is 17.7 Å². The second-order valence-corrected chi connectivity index (χ2v) is 5.89. The van der Waals surface area contributed by atoms with Gasteiger partial charge >= 0.3 is 58.4 Å². The summed E-state index contributed by atoms with van der Waals surface area (Å²) in [6, 6.07) is 4.39. The van der Waals surface area contributed by atoms with E-state index >= 15 is 0 Å². The molecule has 1 aromatic rings. The van der Waals surface area contributed by atoms with Gasteiger partial charge in [-0.3, -0.25) is 0 Å². The predicted octanol–water partition coefficient (Wildman–Crippen LogP) is -1.83. The van der Waals surface area contributed by atoms with Crippen molar-refractivity contribution in [1.29, 1.82) is 0 Å². The molecular weight excluding hydrogens is 295 g/mol. The summed E-state index contributed by atoms with van der Waals surface area (Å²) in [5.74, 6) is -0.209. The summed E-state index contributed by atoms with van der Waals surface area (Å²) < 4.78 is 63.7. The van der Waals surface area contributed by atoms with Gasteiger partial charge in [0.2, 0.25) is 0 Å². The molecule has 0 fully saturated rings. The van der Waals surface area contributed by atoms with E-state index in [9.17, 15) is 21.4 Å². The minimum atomic E-state index is -5.07. The first-order chi connectivity index (χ1) is 7.68. The number of sulfone groups is 1. The van der Waals surface area contributed by atoms with Crippen LogP contribution in [0.2, 0.25) is 0 Å². The van der Waals surface area contributed by atoms with Crippen molar-refractivity contribution in [2.24, 2.45) is 0 Å². The van der Waals surface area contributed by atoms with E-state index in [1.54, 1.807) is 0 Å². The normalized spacial score (nSPS) is 11.8. The van der Waals surface area contributed by atoms with Gasteiger partial charge in [-0.15, -0.1) is 5.46 Å². The maximum absolute atomic E-state index is 12.4. The maximum Gasteiger partial charge on any atom is 1.00 e. The van der Waals surface area contributed by atoms with Crippen LogP contribution in [0.25, 0.3) is 0 Å². The van der Waals surface area contributed by atoms with Crippen molar-refractivity contribution in [1.82, 2.24) is 0 Å². The molecule has 3 nitrogen and oxygen atoms in total. The third kappa shape index (κ3) is 7.15. The van der Waals surface area contributed by atoms with Gasteiger partial charge in [-0.25, -0.2) is 8.42 Å². The Balaban J connectivity index is 0.00000289. The third-order valence-electron chi connectivity index (χ3n) is 1.96. The molecule has 0 N–H and O–H groups in total. The zero-order chi connectivity index (χ0) is 13.1. The van der Waals surface area contributed by atoms with Crippen LogP contribution in [0.5, 0.6) is 5.75 Å². The van der Waals surface area contributed by atoms with Gasteiger partial charge in [0.1, 0.15) is 12.4 Å². The van der Waals surface area contributed by atoms with E-state index in [0.717, 1.165) is 18.4 Å². The van der Waals surface area contributed by atoms with E-state index in [1.165, 1.54) is 12.1 Å². The van der Waals surface area contributed by atoms with Gasteiger partial charge in [-0.1, -0.05) is 12.1 Å². The van der Waals surface area contributed by atoms with E-state index in [1.807, 2.05) is 0 Å². The van der Waals surface area contributed by atoms with Crippen molar-refractivity contribution in [2.45, 2.75) is 0 Å². The minimum Gasteiger partial charge on any atom is -0.493 e. The summed E-state index contributed by atoms with van der Waals surface area (Å²) in [6.45, 7) is -5.23. The van der Waals surface area contributed by atoms with Crippen molar-refractivity contribution in [3.05, 3.63) is 24.3 Å². The monoisotopic (exact) mass is 306 g/mol. The Kier molecular flexibility index (Phi) is 7.49. The van der Waals surface area contributed by atoms with Gasteiger partial charge in [0.25, 0.3) is 0 Å². The molecule has 0 aliphatic rings. The van der Waals surface area contributed by atoms with Gasteiger partial charge in [0.05, 0.1) is 5.75 Å². The van der Waals surface area contributed by atoms with Crippen LogP contribution in [0, 0.1) is 0 Å². The molecule has 0 atom stereocenters. The van der Waals surface area contributed by atoms with Crippen LogP contribution in [0.4, 0.5) is 12.9 Å². The van der Waals surface area contributed by atoms with Crippen LogP contribution in [0.15, 0.2) is 24.3 Å². The molecule has 0 aromatic heterocycles. The van der Waals surface area contributed by atoms with Crippen LogP contribution >= 0.6 is 0 Å². The topological polar surface area (TPSA) is 43.4 Å². The van der Waals surface area contributed by atoms with Gasteiger partial charge in [-0.05, 0) is 12.1 Å². The van der Waals surface area contributed by atoms with Crippen molar-refractivity contribution >= 4 is 22.3 Å². The summed E-state index contributed by atoms with van der Waals surface area (Å²) >= 11 is 0. The molecule has 1 aromatic carbocycles. The van der Waals surface area contributed by atoms with Crippen LogP contribution in [-0.4, -0.2) is 34.0 Å². The van der Waals surface area contributed by atoms with Crippen molar-refractivity contribution in [2.75, 3.05) is 18.6 Å². The number of rotatable bonds is 5. The van der Waals surface area contributed by atoms with Gasteiger partial charge in [0.15, 0.2) is 9.84 Å². The zero-order valence-corrected chi connectivity index (χ0v) is 14.0. The Morgan fingerprint density at radius 3 is 2.39 bits per heavy atom. The average molecular weight is 306 g/mol. The molecule has 0 radical (unpaired) electrons. The molecule has 96 valence electrons. The number of hydrogen-bond acceptors (Lipinski definition) is 3.